The molecule has 2 aromatic heterocycles. The number of tetrazole rings is 1. The van der Waals surface area contributed by atoms with Crippen LogP contribution in [0.5, 0.6) is 0 Å². The molecular formula is C9H11N7. The fraction of sp³-hybridized carbons (Fsp3) is 0.444. The second-order valence-corrected chi connectivity index (χ2v) is 3.54. The summed E-state index contributed by atoms with van der Waals surface area (Å²) in [7, 11) is 1.89. The second kappa shape index (κ2) is 4.10. The first-order valence-electron chi connectivity index (χ1n) is 4.87. The largest absolute Gasteiger partial charge is 0.354 e. The van der Waals surface area contributed by atoms with E-state index in [1.807, 2.05) is 24.9 Å². The van der Waals surface area contributed by atoms with Crippen molar-refractivity contribution in [3.63, 3.8) is 0 Å². The topological polar surface area (TPSA) is 83.0 Å². The van der Waals surface area contributed by atoms with Crippen molar-refractivity contribution in [1.29, 1.82) is 5.26 Å². The first kappa shape index (κ1) is 10.3. The minimum atomic E-state index is 0.103. The van der Waals surface area contributed by atoms with Crippen molar-refractivity contribution in [2.45, 2.75) is 19.4 Å². The van der Waals surface area contributed by atoms with E-state index in [0.717, 1.165) is 5.82 Å². The van der Waals surface area contributed by atoms with Gasteiger partial charge >= 0.3 is 0 Å². The third-order valence-electron chi connectivity index (χ3n) is 2.46. The molecule has 2 heterocycles. The molecule has 0 spiro atoms. The van der Waals surface area contributed by atoms with Gasteiger partial charge in [0.15, 0.2) is 11.5 Å². The molecule has 0 bridgehead atoms. The molecule has 0 saturated heterocycles. The van der Waals surface area contributed by atoms with Crippen molar-refractivity contribution in [1.82, 2.24) is 25.3 Å². The number of hydrogen-bond donors (Lipinski definition) is 0. The predicted molar refractivity (Wildman–Crippen MR) is 56.7 cm³/mol. The van der Waals surface area contributed by atoms with Crippen LogP contribution in [0.2, 0.25) is 0 Å². The van der Waals surface area contributed by atoms with Gasteiger partial charge in [0.1, 0.15) is 0 Å². The molecular weight excluding hydrogens is 206 g/mol. The van der Waals surface area contributed by atoms with E-state index in [2.05, 4.69) is 26.7 Å². The summed E-state index contributed by atoms with van der Waals surface area (Å²) in [6.45, 7) is 1.97. The first-order valence-corrected chi connectivity index (χ1v) is 4.87. The van der Waals surface area contributed by atoms with Crippen LogP contribution in [0, 0.1) is 11.3 Å². The molecule has 0 aliphatic rings. The SMILES string of the molecule is CC(CC#N)N(C)c1ccc2nnnn2n1. The average molecular weight is 217 g/mol. The zero-order chi connectivity index (χ0) is 11.5. The van der Waals surface area contributed by atoms with Gasteiger partial charge in [-0.25, -0.2) is 0 Å². The van der Waals surface area contributed by atoms with E-state index in [-0.39, 0.29) is 6.04 Å². The number of aromatic nitrogens is 5. The van der Waals surface area contributed by atoms with E-state index in [1.54, 1.807) is 6.07 Å². The van der Waals surface area contributed by atoms with Crippen molar-refractivity contribution >= 4 is 11.5 Å². The Balaban J connectivity index is 2.29. The third kappa shape index (κ3) is 1.77. The van der Waals surface area contributed by atoms with E-state index in [1.165, 1.54) is 4.63 Å². The molecule has 0 aliphatic carbocycles. The molecule has 2 aromatic rings. The Morgan fingerprint density at radius 1 is 1.56 bits per heavy atom. The molecule has 0 fully saturated rings. The number of rotatable bonds is 3. The monoisotopic (exact) mass is 217 g/mol. The first-order chi connectivity index (χ1) is 7.72. The summed E-state index contributed by atoms with van der Waals surface area (Å²) in [5, 5.41) is 23.9. The molecule has 0 saturated carbocycles. The predicted octanol–water partition coefficient (Wildman–Crippen LogP) is 0.258. The molecule has 0 N–H and O–H groups in total. The summed E-state index contributed by atoms with van der Waals surface area (Å²) in [6.07, 6.45) is 0.450. The molecule has 1 unspecified atom stereocenters. The summed E-state index contributed by atoms with van der Waals surface area (Å²) in [5.74, 6) is 0.738. The van der Waals surface area contributed by atoms with E-state index < -0.39 is 0 Å². The molecule has 2 rings (SSSR count). The van der Waals surface area contributed by atoms with Crippen molar-refractivity contribution in [3.8, 4) is 6.07 Å². The fourth-order valence-electron chi connectivity index (χ4n) is 1.32. The smallest absolute Gasteiger partial charge is 0.200 e. The van der Waals surface area contributed by atoms with Crippen molar-refractivity contribution in [2.24, 2.45) is 0 Å². The number of fused-ring (bicyclic) bond motifs is 1. The molecule has 0 aliphatic heterocycles. The molecule has 0 amide bonds. The maximum absolute atomic E-state index is 8.64. The highest BCUT2D eigenvalue weighted by molar-refractivity contribution is 5.44. The summed E-state index contributed by atoms with van der Waals surface area (Å²) in [4.78, 5) is 1.92. The quantitative estimate of drug-likeness (QED) is 0.733. The minimum Gasteiger partial charge on any atom is -0.354 e. The Hall–Kier alpha value is -2.23. The van der Waals surface area contributed by atoms with Crippen LogP contribution >= 0.6 is 0 Å². The van der Waals surface area contributed by atoms with E-state index in [4.69, 9.17) is 5.26 Å². The van der Waals surface area contributed by atoms with Gasteiger partial charge in [-0.05, 0) is 29.5 Å². The number of nitriles is 1. The van der Waals surface area contributed by atoms with Crippen molar-refractivity contribution in [2.75, 3.05) is 11.9 Å². The Bertz CT molecular complexity index is 526. The molecule has 16 heavy (non-hydrogen) atoms. The molecule has 82 valence electrons. The summed E-state index contributed by atoms with van der Waals surface area (Å²) in [5.41, 5.74) is 0.602. The Morgan fingerprint density at radius 3 is 3.12 bits per heavy atom. The van der Waals surface area contributed by atoms with Gasteiger partial charge in [-0.2, -0.15) is 5.26 Å². The normalized spacial score (nSPS) is 12.3. The molecule has 0 radical (unpaired) electrons. The minimum absolute atomic E-state index is 0.103. The lowest BCUT2D eigenvalue weighted by Gasteiger charge is -2.23. The van der Waals surface area contributed by atoms with Crippen LogP contribution in [0.25, 0.3) is 5.65 Å². The Labute approximate surface area is 92.3 Å². The molecule has 0 aromatic carbocycles. The Kier molecular flexibility index (Phi) is 2.64. The molecule has 7 nitrogen and oxygen atoms in total. The van der Waals surface area contributed by atoms with Crippen LogP contribution in [-0.4, -0.2) is 38.3 Å². The molecule has 7 heteroatoms. The van der Waals surface area contributed by atoms with Gasteiger partial charge in [0, 0.05) is 13.1 Å². The van der Waals surface area contributed by atoms with Gasteiger partial charge in [-0.1, -0.05) is 0 Å². The van der Waals surface area contributed by atoms with Crippen LogP contribution in [0.15, 0.2) is 12.1 Å². The zero-order valence-electron chi connectivity index (χ0n) is 9.07. The highest BCUT2D eigenvalue weighted by atomic mass is 15.6. The van der Waals surface area contributed by atoms with Gasteiger partial charge in [-0.15, -0.1) is 14.8 Å². The zero-order valence-corrected chi connectivity index (χ0v) is 9.07. The summed E-state index contributed by atoms with van der Waals surface area (Å²) in [6, 6.07) is 5.86. The van der Waals surface area contributed by atoms with Gasteiger partial charge < -0.3 is 4.90 Å². The lowest BCUT2D eigenvalue weighted by molar-refractivity contribution is 0.665. The maximum Gasteiger partial charge on any atom is 0.200 e. The van der Waals surface area contributed by atoms with Crippen LogP contribution in [0.1, 0.15) is 13.3 Å². The van der Waals surface area contributed by atoms with Gasteiger partial charge in [0.25, 0.3) is 0 Å². The highest BCUT2D eigenvalue weighted by Gasteiger charge is 2.11. The summed E-state index contributed by atoms with van der Waals surface area (Å²) < 4.78 is 1.37. The van der Waals surface area contributed by atoms with E-state index in [0.29, 0.717) is 12.1 Å². The molecule has 1 atom stereocenters. The van der Waals surface area contributed by atoms with Crippen LogP contribution in [0.4, 0.5) is 5.82 Å². The van der Waals surface area contributed by atoms with Gasteiger partial charge in [-0.3, -0.25) is 0 Å². The number of hydrogen-bond acceptors (Lipinski definition) is 6. The van der Waals surface area contributed by atoms with Crippen LogP contribution < -0.4 is 4.90 Å². The van der Waals surface area contributed by atoms with Crippen molar-refractivity contribution in [3.05, 3.63) is 12.1 Å². The third-order valence-corrected chi connectivity index (χ3v) is 2.46. The second-order valence-electron chi connectivity index (χ2n) is 3.54. The average Bonchev–Trinajstić information content (AvgIpc) is 2.75. The van der Waals surface area contributed by atoms with E-state index in [9.17, 15) is 0 Å². The standard InChI is InChI=1S/C9H11N7/c1-7(5-6-10)15(2)9-4-3-8-11-13-14-16(8)12-9/h3-4,7H,5H2,1-2H3. The lowest BCUT2D eigenvalue weighted by atomic mass is 10.2. The van der Waals surface area contributed by atoms with Crippen LogP contribution in [-0.2, 0) is 0 Å². The van der Waals surface area contributed by atoms with Gasteiger partial charge in [0.2, 0.25) is 0 Å². The lowest BCUT2D eigenvalue weighted by Crippen LogP contribution is -2.29. The van der Waals surface area contributed by atoms with Crippen molar-refractivity contribution < 1.29 is 0 Å². The van der Waals surface area contributed by atoms with Gasteiger partial charge in [0.05, 0.1) is 12.5 Å². The number of anilines is 1. The maximum atomic E-state index is 8.64. The van der Waals surface area contributed by atoms with E-state index >= 15 is 0 Å². The fourth-order valence-corrected chi connectivity index (χ4v) is 1.32. The Morgan fingerprint density at radius 2 is 2.38 bits per heavy atom. The number of nitrogens with zero attached hydrogens (tertiary/aromatic N) is 7. The summed E-state index contributed by atoms with van der Waals surface area (Å²) >= 11 is 0. The van der Waals surface area contributed by atoms with Crippen LogP contribution in [0.3, 0.4) is 0 Å². The highest BCUT2D eigenvalue weighted by Crippen LogP contribution is 2.12.